The Morgan fingerprint density at radius 3 is 2.72 bits per heavy atom. The van der Waals surface area contributed by atoms with Crippen molar-refractivity contribution in [2.75, 3.05) is 38.1 Å². The fourth-order valence-electron chi connectivity index (χ4n) is 5.67. The number of benzene rings is 2. The first kappa shape index (κ1) is 23.7. The number of fused-ring (bicyclic) bond motifs is 4. The van der Waals surface area contributed by atoms with Crippen LogP contribution in [0.5, 0.6) is 5.75 Å². The van der Waals surface area contributed by atoms with Gasteiger partial charge in [-0.05, 0) is 60.9 Å². The molecule has 0 spiro atoms. The van der Waals surface area contributed by atoms with Crippen molar-refractivity contribution in [3.05, 3.63) is 47.4 Å². The van der Waals surface area contributed by atoms with Crippen LogP contribution in [0.15, 0.2) is 41.7 Å². The molecule has 2 unspecified atom stereocenters. The van der Waals surface area contributed by atoms with Crippen molar-refractivity contribution in [2.45, 2.75) is 24.4 Å². The van der Waals surface area contributed by atoms with Gasteiger partial charge in [0.2, 0.25) is 0 Å². The summed E-state index contributed by atoms with van der Waals surface area (Å²) in [4.78, 5) is 16.3. The molecule has 1 aliphatic heterocycles. The predicted molar refractivity (Wildman–Crippen MR) is 143 cm³/mol. The third kappa shape index (κ3) is 4.15. The summed E-state index contributed by atoms with van der Waals surface area (Å²) in [5.74, 6) is 2.18. The number of pyridine rings is 1. The summed E-state index contributed by atoms with van der Waals surface area (Å²) >= 11 is 8.01. The van der Waals surface area contributed by atoms with Crippen LogP contribution in [-0.4, -0.2) is 48.2 Å². The van der Waals surface area contributed by atoms with Crippen LogP contribution in [0.4, 0.5) is 10.2 Å². The Bertz CT molecular complexity index is 1460. The summed E-state index contributed by atoms with van der Waals surface area (Å²) in [6, 6.07) is 9.18. The van der Waals surface area contributed by atoms with E-state index in [9.17, 15) is 0 Å². The molecule has 1 saturated carbocycles. The van der Waals surface area contributed by atoms with Crippen molar-refractivity contribution in [1.29, 1.82) is 0 Å². The highest BCUT2D eigenvalue weighted by Gasteiger charge is 2.34. The fraction of sp³-hybridized carbons (Fsp3) is 0.370. The highest BCUT2D eigenvalue weighted by atomic mass is 35.5. The van der Waals surface area contributed by atoms with E-state index in [2.05, 4.69) is 14.9 Å². The summed E-state index contributed by atoms with van der Waals surface area (Å²) in [5.41, 5.74) is 1.00. The molecule has 2 atom stereocenters. The maximum atomic E-state index is 16.3. The van der Waals surface area contributed by atoms with Gasteiger partial charge in [-0.15, -0.1) is 0 Å². The molecular formula is C27H26ClFN4O2S. The van der Waals surface area contributed by atoms with Crippen molar-refractivity contribution in [2.24, 2.45) is 11.8 Å². The molecule has 3 heterocycles. The molecule has 0 amide bonds. The molecule has 186 valence electrons. The van der Waals surface area contributed by atoms with Crippen LogP contribution in [0.2, 0.25) is 5.02 Å². The number of ether oxygens (including phenoxy) is 2. The zero-order chi connectivity index (χ0) is 24.8. The van der Waals surface area contributed by atoms with Crippen LogP contribution in [0, 0.1) is 17.7 Å². The van der Waals surface area contributed by atoms with Gasteiger partial charge in [-0.25, -0.2) is 14.4 Å². The van der Waals surface area contributed by atoms with E-state index < -0.39 is 5.82 Å². The number of nitrogens with zero attached hydrogens (tertiary/aromatic N) is 4. The minimum atomic E-state index is -0.489. The van der Waals surface area contributed by atoms with E-state index >= 15 is 4.39 Å². The Labute approximate surface area is 218 Å². The number of halogens is 2. The Morgan fingerprint density at radius 1 is 1.17 bits per heavy atom. The summed E-state index contributed by atoms with van der Waals surface area (Å²) < 4.78 is 27.1. The van der Waals surface area contributed by atoms with E-state index in [1.54, 1.807) is 25.4 Å². The lowest BCUT2D eigenvalue weighted by molar-refractivity contribution is 0.0512. The molecular weight excluding hydrogens is 499 g/mol. The predicted octanol–water partition coefficient (Wildman–Crippen LogP) is 6.58. The van der Waals surface area contributed by atoms with Gasteiger partial charge >= 0.3 is 0 Å². The lowest BCUT2D eigenvalue weighted by atomic mass is 9.98. The Balaban J connectivity index is 1.54. The van der Waals surface area contributed by atoms with E-state index in [1.165, 1.54) is 31.0 Å². The average molecular weight is 525 g/mol. The van der Waals surface area contributed by atoms with Crippen LogP contribution < -0.4 is 9.64 Å². The molecule has 2 aromatic carbocycles. The highest BCUT2D eigenvalue weighted by Crippen LogP contribution is 2.42. The monoisotopic (exact) mass is 524 g/mol. The van der Waals surface area contributed by atoms with Gasteiger partial charge in [0.05, 0.1) is 5.39 Å². The van der Waals surface area contributed by atoms with Crippen LogP contribution in [-0.2, 0) is 4.74 Å². The van der Waals surface area contributed by atoms with Gasteiger partial charge < -0.3 is 14.4 Å². The summed E-state index contributed by atoms with van der Waals surface area (Å²) in [7, 11) is 1.55. The third-order valence-electron chi connectivity index (χ3n) is 7.23. The molecule has 6 rings (SSSR count). The largest absolute Gasteiger partial charge is 0.468 e. The van der Waals surface area contributed by atoms with Gasteiger partial charge in [0.25, 0.3) is 0 Å². The molecule has 1 aliphatic carbocycles. The zero-order valence-electron chi connectivity index (χ0n) is 20.1. The minimum Gasteiger partial charge on any atom is -0.468 e. The van der Waals surface area contributed by atoms with Crippen molar-refractivity contribution >= 4 is 50.9 Å². The third-order valence-corrected chi connectivity index (χ3v) is 8.09. The van der Waals surface area contributed by atoms with Gasteiger partial charge in [-0.3, -0.25) is 4.98 Å². The molecule has 6 nitrogen and oxygen atoms in total. The molecule has 2 fully saturated rings. The number of piperidine rings is 1. The van der Waals surface area contributed by atoms with E-state index in [-0.39, 0.29) is 18.0 Å². The second-order valence-corrected chi connectivity index (χ2v) is 10.7. The van der Waals surface area contributed by atoms with Crippen LogP contribution in [0.25, 0.3) is 32.9 Å². The summed E-state index contributed by atoms with van der Waals surface area (Å²) in [5, 5.41) is 3.23. The second kappa shape index (κ2) is 9.65. The smallest absolute Gasteiger partial charge is 0.189 e. The van der Waals surface area contributed by atoms with Gasteiger partial charge in [0.1, 0.15) is 22.8 Å². The summed E-state index contributed by atoms with van der Waals surface area (Å²) in [6.07, 6.45) is 7.40. The molecule has 36 heavy (non-hydrogen) atoms. The Morgan fingerprint density at radius 2 is 1.97 bits per heavy atom. The minimum absolute atomic E-state index is 0.0740. The van der Waals surface area contributed by atoms with E-state index in [1.807, 2.05) is 24.5 Å². The fourth-order valence-corrected chi connectivity index (χ4v) is 6.32. The highest BCUT2D eigenvalue weighted by molar-refractivity contribution is 7.98. The van der Waals surface area contributed by atoms with E-state index in [0.717, 1.165) is 24.3 Å². The van der Waals surface area contributed by atoms with E-state index in [0.29, 0.717) is 44.1 Å². The number of rotatable bonds is 6. The lowest BCUT2D eigenvalue weighted by Crippen LogP contribution is -2.37. The average Bonchev–Trinajstić information content (AvgIpc) is 3.24. The maximum absolute atomic E-state index is 16.3. The van der Waals surface area contributed by atoms with Crippen molar-refractivity contribution < 1.29 is 13.9 Å². The first-order chi connectivity index (χ1) is 17.6. The standard InChI is InChI=1S/C27H26ClFN4O2S/c1-34-14-35-18-9-17-4-3-5-21(28)22(17)19(10-18)24-23(29)25-20(11-30-24)26(32-27(31-25)36-2)33-12-15-6-7-16(8-15)13-33/h3-5,9-11,15-16H,6-8,12-14H2,1-2H3. The van der Waals surface area contributed by atoms with Crippen molar-refractivity contribution in [3.63, 3.8) is 0 Å². The molecule has 1 saturated heterocycles. The normalized spacial score (nSPS) is 19.4. The van der Waals surface area contributed by atoms with Gasteiger partial charge in [0.15, 0.2) is 17.8 Å². The number of anilines is 1. The quantitative estimate of drug-likeness (QED) is 0.160. The number of hydrogen-bond donors (Lipinski definition) is 0. The summed E-state index contributed by atoms with van der Waals surface area (Å²) in [6.45, 7) is 1.96. The Kier molecular flexibility index (Phi) is 6.35. The molecule has 0 N–H and O–H groups in total. The van der Waals surface area contributed by atoms with Crippen LogP contribution in [0.1, 0.15) is 19.3 Å². The Hall–Kier alpha value is -2.68. The van der Waals surface area contributed by atoms with Crippen LogP contribution >= 0.6 is 23.4 Å². The molecule has 4 aromatic rings. The van der Waals surface area contributed by atoms with Gasteiger partial charge in [0, 0.05) is 42.4 Å². The molecule has 0 radical (unpaired) electrons. The molecule has 2 aliphatic rings. The number of thioether (sulfide) groups is 1. The topological polar surface area (TPSA) is 60.4 Å². The SMILES string of the molecule is COCOc1cc(-c2ncc3c(N4CC5CCC(C5)C4)nc(SC)nc3c2F)c2c(Cl)cccc2c1. The number of aromatic nitrogens is 3. The molecule has 9 heteroatoms. The lowest BCUT2D eigenvalue weighted by Gasteiger charge is -2.33. The zero-order valence-corrected chi connectivity index (χ0v) is 21.7. The first-order valence-corrected chi connectivity index (χ1v) is 13.7. The van der Waals surface area contributed by atoms with Crippen molar-refractivity contribution in [3.8, 4) is 17.0 Å². The maximum Gasteiger partial charge on any atom is 0.189 e. The molecule has 2 aromatic heterocycles. The van der Waals surface area contributed by atoms with E-state index in [4.69, 9.17) is 26.1 Å². The second-order valence-electron chi connectivity index (χ2n) is 9.53. The van der Waals surface area contributed by atoms with Gasteiger partial charge in [-0.1, -0.05) is 35.5 Å². The van der Waals surface area contributed by atoms with Gasteiger partial charge in [-0.2, -0.15) is 0 Å². The van der Waals surface area contributed by atoms with Crippen molar-refractivity contribution in [1.82, 2.24) is 15.0 Å². The molecule has 2 bridgehead atoms. The first-order valence-electron chi connectivity index (χ1n) is 12.0. The number of methoxy groups -OCH3 is 1. The number of hydrogen-bond acceptors (Lipinski definition) is 7. The van der Waals surface area contributed by atoms with Crippen LogP contribution in [0.3, 0.4) is 0 Å².